The first-order valence-corrected chi connectivity index (χ1v) is 7.23. The van der Waals surface area contributed by atoms with E-state index >= 15 is 0 Å². The van der Waals surface area contributed by atoms with Crippen molar-refractivity contribution in [2.45, 2.75) is 0 Å². The summed E-state index contributed by atoms with van der Waals surface area (Å²) in [5.74, 6) is 0.675. The number of hydrogen-bond acceptors (Lipinski definition) is 6. The lowest BCUT2D eigenvalue weighted by Crippen LogP contribution is -2.16. The highest BCUT2D eigenvalue weighted by atomic mass is 35.5. The summed E-state index contributed by atoms with van der Waals surface area (Å²) in [4.78, 5) is 12.2. The zero-order valence-electron chi connectivity index (χ0n) is 12.8. The average molecular weight is 337 g/mol. The van der Waals surface area contributed by atoms with Crippen molar-refractivity contribution in [3.8, 4) is 5.75 Å². The molecular formula is C15H17ClN4O3. The van der Waals surface area contributed by atoms with E-state index in [2.05, 4.69) is 20.8 Å². The molecular weight excluding hydrogens is 320 g/mol. The molecule has 1 aromatic carbocycles. The number of rotatable bonds is 7. The van der Waals surface area contributed by atoms with Crippen molar-refractivity contribution in [2.75, 3.05) is 38.0 Å². The maximum Gasteiger partial charge on any atom is 0.276 e. The zero-order chi connectivity index (χ0) is 16.7. The highest BCUT2D eigenvalue weighted by Gasteiger charge is 2.12. The number of carbonyl (C=O) groups excluding carboxylic acids is 1. The second-order valence-electron chi connectivity index (χ2n) is 4.52. The fourth-order valence-corrected chi connectivity index (χ4v) is 1.97. The lowest BCUT2D eigenvalue weighted by atomic mass is 10.2. The summed E-state index contributed by atoms with van der Waals surface area (Å²) in [6, 6.07) is 8.20. The molecule has 122 valence electrons. The molecule has 0 saturated carbocycles. The molecule has 8 heteroatoms. The summed E-state index contributed by atoms with van der Waals surface area (Å²) < 4.78 is 10.1. The van der Waals surface area contributed by atoms with Crippen LogP contribution in [0.1, 0.15) is 10.5 Å². The minimum atomic E-state index is -0.401. The normalized spacial score (nSPS) is 10.2. The number of amides is 1. The number of benzene rings is 1. The van der Waals surface area contributed by atoms with Crippen LogP contribution in [0.2, 0.25) is 5.02 Å². The van der Waals surface area contributed by atoms with Gasteiger partial charge < -0.3 is 20.1 Å². The minimum Gasteiger partial charge on any atom is -0.495 e. The SMILES string of the molecule is COCCNc1ccc(C(=O)Nc2cc(Cl)ccc2OC)nn1. The molecule has 2 aromatic rings. The number of anilines is 2. The Labute approximate surface area is 139 Å². The molecule has 23 heavy (non-hydrogen) atoms. The Kier molecular flexibility index (Phi) is 6.13. The second-order valence-corrected chi connectivity index (χ2v) is 4.96. The number of ether oxygens (including phenoxy) is 2. The van der Waals surface area contributed by atoms with Gasteiger partial charge in [-0.15, -0.1) is 10.2 Å². The van der Waals surface area contributed by atoms with Gasteiger partial charge in [0.05, 0.1) is 19.4 Å². The first-order chi connectivity index (χ1) is 11.1. The van der Waals surface area contributed by atoms with Gasteiger partial charge in [0.25, 0.3) is 5.91 Å². The Morgan fingerprint density at radius 2 is 2.04 bits per heavy atom. The van der Waals surface area contributed by atoms with E-state index in [4.69, 9.17) is 21.1 Å². The minimum absolute atomic E-state index is 0.185. The number of hydrogen-bond donors (Lipinski definition) is 2. The van der Waals surface area contributed by atoms with Crippen LogP contribution in [0, 0.1) is 0 Å². The largest absolute Gasteiger partial charge is 0.495 e. The van der Waals surface area contributed by atoms with E-state index in [0.29, 0.717) is 35.4 Å². The molecule has 2 rings (SSSR count). The van der Waals surface area contributed by atoms with E-state index in [9.17, 15) is 4.79 Å². The van der Waals surface area contributed by atoms with Crippen molar-refractivity contribution < 1.29 is 14.3 Å². The summed E-state index contributed by atoms with van der Waals surface area (Å²) >= 11 is 5.93. The van der Waals surface area contributed by atoms with E-state index < -0.39 is 5.91 Å². The van der Waals surface area contributed by atoms with E-state index in [-0.39, 0.29) is 5.69 Å². The van der Waals surface area contributed by atoms with Gasteiger partial charge >= 0.3 is 0 Å². The van der Waals surface area contributed by atoms with Crippen molar-refractivity contribution in [1.29, 1.82) is 0 Å². The third-order valence-corrected chi connectivity index (χ3v) is 3.15. The molecule has 0 saturated heterocycles. The number of nitrogens with one attached hydrogen (secondary N) is 2. The van der Waals surface area contributed by atoms with E-state index in [1.54, 1.807) is 37.4 Å². The maximum absolute atomic E-state index is 12.2. The van der Waals surface area contributed by atoms with Crippen molar-refractivity contribution in [1.82, 2.24) is 10.2 Å². The van der Waals surface area contributed by atoms with Gasteiger partial charge in [-0.1, -0.05) is 11.6 Å². The van der Waals surface area contributed by atoms with Gasteiger partial charge in [0.1, 0.15) is 11.6 Å². The first kappa shape index (κ1) is 17.0. The van der Waals surface area contributed by atoms with Gasteiger partial charge in [-0.3, -0.25) is 4.79 Å². The van der Waals surface area contributed by atoms with Crippen molar-refractivity contribution in [2.24, 2.45) is 0 Å². The van der Waals surface area contributed by atoms with E-state index in [1.165, 1.54) is 7.11 Å². The van der Waals surface area contributed by atoms with Crippen LogP contribution < -0.4 is 15.4 Å². The molecule has 0 spiro atoms. The van der Waals surface area contributed by atoms with Crippen LogP contribution in [0.25, 0.3) is 0 Å². The highest BCUT2D eigenvalue weighted by molar-refractivity contribution is 6.31. The molecule has 0 unspecified atom stereocenters. The molecule has 1 aromatic heterocycles. The fourth-order valence-electron chi connectivity index (χ4n) is 1.79. The van der Waals surface area contributed by atoms with Crippen LogP contribution in [0.15, 0.2) is 30.3 Å². The van der Waals surface area contributed by atoms with Gasteiger partial charge in [0, 0.05) is 18.7 Å². The molecule has 1 amide bonds. The van der Waals surface area contributed by atoms with Gasteiger partial charge in [0.2, 0.25) is 0 Å². The Balaban J connectivity index is 2.05. The molecule has 1 heterocycles. The highest BCUT2D eigenvalue weighted by Crippen LogP contribution is 2.27. The van der Waals surface area contributed by atoms with Gasteiger partial charge in [0.15, 0.2) is 5.69 Å². The maximum atomic E-state index is 12.2. The second kappa shape index (κ2) is 8.30. The lowest BCUT2D eigenvalue weighted by Gasteiger charge is -2.10. The Morgan fingerprint density at radius 3 is 2.70 bits per heavy atom. The predicted octanol–water partition coefficient (Wildman–Crippen LogP) is 2.45. The number of methoxy groups -OCH3 is 2. The van der Waals surface area contributed by atoms with Crippen LogP contribution in [0.4, 0.5) is 11.5 Å². The summed E-state index contributed by atoms with van der Waals surface area (Å²) in [5, 5.41) is 14.0. The molecule has 0 bridgehead atoms. The summed E-state index contributed by atoms with van der Waals surface area (Å²) in [7, 11) is 3.13. The van der Waals surface area contributed by atoms with Crippen LogP contribution in [0.3, 0.4) is 0 Å². The van der Waals surface area contributed by atoms with Gasteiger partial charge in [-0.05, 0) is 30.3 Å². The standard InChI is InChI=1S/C15H17ClN4O3/c1-22-8-7-17-14-6-4-11(19-20-14)15(21)18-12-9-10(16)3-5-13(12)23-2/h3-6,9H,7-8H2,1-2H3,(H,17,20)(H,18,21). The van der Waals surface area contributed by atoms with Gasteiger partial charge in [-0.25, -0.2) is 0 Å². The lowest BCUT2D eigenvalue weighted by molar-refractivity contribution is 0.102. The molecule has 0 fully saturated rings. The van der Waals surface area contributed by atoms with Crippen molar-refractivity contribution >= 4 is 29.0 Å². The quantitative estimate of drug-likeness (QED) is 0.755. The number of aromatic nitrogens is 2. The van der Waals surface area contributed by atoms with E-state index in [0.717, 1.165) is 0 Å². The average Bonchev–Trinajstić information content (AvgIpc) is 2.56. The number of halogens is 1. The molecule has 0 radical (unpaired) electrons. The first-order valence-electron chi connectivity index (χ1n) is 6.85. The summed E-state index contributed by atoms with van der Waals surface area (Å²) in [6.07, 6.45) is 0. The molecule has 0 aliphatic rings. The summed E-state index contributed by atoms with van der Waals surface area (Å²) in [5.41, 5.74) is 0.651. The monoisotopic (exact) mass is 336 g/mol. The third-order valence-electron chi connectivity index (χ3n) is 2.92. The predicted molar refractivity (Wildman–Crippen MR) is 88.4 cm³/mol. The van der Waals surface area contributed by atoms with Crippen LogP contribution in [0.5, 0.6) is 5.75 Å². The Morgan fingerprint density at radius 1 is 1.22 bits per heavy atom. The van der Waals surface area contributed by atoms with Crippen LogP contribution >= 0.6 is 11.6 Å². The van der Waals surface area contributed by atoms with Crippen molar-refractivity contribution in [3.63, 3.8) is 0 Å². The number of carbonyl (C=O) groups is 1. The Hall–Kier alpha value is -2.38. The molecule has 0 aliphatic heterocycles. The third kappa shape index (κ3) is 4.80. The molecule has 2 N–H and O–H groups in total. The smallest absolute Gasteiger partial charge is 0.276 e. The Bertz CT molecular complexity index is 664. The van der Waals surface area contributed by atoms with Crippen molar-refractivity contribution in [3.05, 3.63) is 41.0 Å². The summed E-state index contributed by atoms with van der Waals surface area (Å²) in [6.45, 7) is 1.16. The molecule has 7 nitrogen and oxygen atoms in total. The van der Waals surface area contributed by atoms with Crippen LogP contribution in [-0.2, 0) is 4.74 Å². The van der Waals surface area contributed by atoms with Gasteiger partial charge in [-0.2, -0.15) is 0 Å². The van der Waals surface area contributed by atoms with Crippen LogP contribution in [-0.4, -0.2) is 43.5 Å². The molecule has 0 aliphatic carbocycles. The van der Waals surface area contributed by atoms with E-state index in [1.807, 2.05) is 0 Å². The number of nitrogens with zero attached hydrogens (tertiary/aromatic N) is 2. The molecule has 0 atom stereocenters. The zero-order valence-corrected chi connectivity index (χ0v) is 13.6. The topological polar surface area (TPSA) is 85.4 Å². The fraction of sp³-hybridized carbons (Fsp3) is 0.267.